The minimum atomic E-state index is -3.41. The summed E-state index contributed by atoms with van der Waals surface area (Å²) in [4.78, 5) is 50.5. The van der Waals surface area contributed by atoms with Crippen LogP contribution in [0, 0.1) is 29.1 Å². The van der Waals surface area contributed by atoms with Crippen molar-refractivity contribution in [3.05, 3.63) is 23.9 Å². The topological polar surface area (TPSA) is 140 Å². The van der Waals surface area contributed by atoms with Crippen LogP contribution >= 0.6 is 0 Å². The first-order chi connectivity index (χ1) is 22.7. The van der Waals surface area contributed by atoms with Crippen LogP contribution in [0.25, 0.3) is 11.0 Å². The number of aliphatic carboxylic acids is 1. The van der Waals surface area contributed by atoms with E-state index in [-0.39, 0.29) is 42.4 Å². The van der Waals surface area contributed by atoms with Crippen molar-refractivity contribution in [1.29, 1.82) is 0 Å². The van der Waals surface area contributed by atoms with Gasteiger partial charge >= 0.3 is 12.1 Å². The maximum atomic E-state index is 16.2. The number of amides is 2. The smallest absolute Gasteiger partial charge is 0.408 e. The van der Waals surface area contributed by atoms with Gasteiger partial charge in [-0.15, -0.1) is 0 Å². The Morgan fingerprint density at radius 1 is 1.08 bits per heavy atom. The number of alkyl halides is 2. The quantitative estimate of drug-likeness (QED) is 0.406. The maximum absolute atomic E-state index is 16.2. The molecule has 2 aliphatic heterocycles. The van der Waals surface area contributed by atoms with Gasteiger partial charge in [0, 0.05) is 18.4 Å². The van der Waals surface area contributed by atoms with Crippen molar-refractivity contribution >= 4 is 29.0 Å². The Balaban J connectivity index is 1.43. The van der Waals surface area contributed by atoms with Crippen molar-refractivity contribution in [1.82, 2.24) is 20.2 Å². The van der Waals surface area contributed by atoms with Gasteiger partial charge in [0.25, 0.3) is 5.92 Å². The van der Waals surface area contributed by atoms with Gasteiger partial charge < -0.3 is 29.5 Å². The van der Waals surface area contributed by atoms with Gasteiger partial charge in [-0.25, -0.2) is 19.6 Å². The molecule has 2 saturated carbocycles. The van der Waals surface area contributed by atoms with Crippen LogP contribution in [0.1, 0.15) is 84.8 Å². The van der Waals surface area contributed by atoms with E-state index in [9.17, 15) is 19.5 Å². The number of carboxylic acids is 1. The fourth-order valence-corrected chi connectivity index (χ4v) is 8.33. The van der Waals surface area contributed by atoms with E-state index >= 15 is 8.78 Å². The van der Waals surface area contributed by atoms with E-state index in [4.69, 9.17) is 14.2 Å². The molecule has 2 aliphatic carbocycles. The first kappa shape index (κ1) is 34.1. The molecule has 0 spiro atoms. The molecule has 8 atom stereocenters. The standard InChI is InChI=1S/C35H46F2N4O7/c1-6-20-26-17-41(27(20)32(43)44)31(42)29(34(2,3)4)40-33(45)48-25-15-18-10-12-21(18)22(25)9-7-8-14-35(36,37)28-30(47-26)39-24-16-19(46-5)11-13-23(24)38-28/h11,13,16,18,20-22,25-27,29H,6-10,12,14-15,17H2,1-5H3,(H,40,45)(H,43,44)/t18-,20+,21-,22+,25+,26-,27-,29+/m0/s1. The number of nitrogens with zero attached hydrogens (tertiary/aromatic N) is 3. The van der Waals surface area contributed by atoms with Crippen molar-refractivity contribution < 1.29 is 42.5 Å². The van der Waals surface area contributed by atoms with E-state index < -0.39 is 71.4 Å². The van der Waals surface area contributed by atoms with Gasteiger partial charge in [-0.05, 0) is 73.8 Å². The number of alkyl carbamates (subject to hydrolysis) is 1. The molecule has 1 aromatic heterocycles. The van der Waals surface area contributed by atoms with Gasteiger partial charge in [-0.2, -0.15) is 8.78 Å². The zero-order valence-corrected chi connectivity index (χ0v) is 28.2. The van der Waals surface area contributed by atoms with Crippen LogP contribution < -0.4 is 14.8 Å². The van der Waals surface area contributed by atoms with E-state index in [2.05, 4.69) is 15.3 Å². The van der Waals surface area contributed by atoms with Gasteiger partial charge in [0.1, 0.15) is 30.0 Å². The molecule has 0 radical (unpaired) electrons. The molecule has 11 nitrogen and oxygen atoms in total. The number of nitrogens with one attached hydrogen (secondary N) is 1. The van der Waals surface area contributed by atoms with Gasteiger partial charge in [-0.3, -0.25) is 4.79 Å². The van der Waals surface area contributed by atoms with Crippen LogP contribution in [0.4, 0.5) is 13.6 Å². The highest BCUT2D eigenvalue weighted by molar-refractivity contribution is 5.90. The normalized spacial score (nSPS) is 32.4. The third-order valence-corrected chi connectivity index (χ3v) is 11.0. The Morgan fingerprint density at radius 2 is 1.85 bits per heavy atom. The summed E-state index contributed by atoms with van der Waals surface area (Å²) in [5.74, 6) is -5.14. The Kier molecular flexibility index (Phi) is 9.18. The molecule has 1 saturated heterocycles. The number of hydrogen-bond donors (Lipinski definition) is 2. The zero-order valence-electron chi connectivity index (χ0n) is 28.2. The summed E-state index contributed by atoms with van der Waals surface area (Å²) >= 11 is 0. The van der Waals surface area contributed by atoms with Crippen molar-refractivity contribution in [2.75, 3.05) is 13.7 Å². The lowest BCUT2D eigenvalue weighted by Gasteiger charge is -2.36. The van der Waals surface area contributed by atoms with Crippen molar-refractivity contribution in [3.8, 4) is 11.6 Å². The molecule has 2 aromatic rings. The highest BCUT2D eigenvalue weighted by Crippen LogP contribution is 2.53. The van der Waals surface area contributed by atoms with Crippen molar-refractivity contribution in [2.24, 2.45) is 29.1 Å². The fraction of sp³-hybridized carbons (Fsp3) is 0.686. The Bertz CT molecular complexity index is 1570. The zero-order chi connectivity index (χ0) is 34.5. The van der Waals surface area contributed by atoms with Crippen molar-refractivity contribution in [3.63, 3.8) is 0 Å². The average molecular weight is 673 g/mol. The number of methoxy groups -OCH3 is 1. The molecule has 4 aliphatic rings. The highest BCUT2D eigenvalue weighted by Gasteiger charge is 2.53. The maximum Gasteiger partial charge on any atom is 0.408 e. The number of halogens is 2. The van der Waals surface area contributed by atoms with E-state index in [1.807, 2.05) is 0 Å². The lowest BCUT2D eigenvalue weighted by Crippen LogP contribution is -2.57. The largest absolute Gasteiger partial charge is 0.497 e. The molecule has 3 heterocycles. The summed E-state index contributed by atoms with van der Waals surface area (Å²) in [5, 5.41) is 13.2. The minimum Gasteiger partial charge on any atom is -0.497 e. The molecule has 2 bridgehead atoms. The first-order valence-corrected chi connectivity index (χ1v) is 17.1. The molecule has 262 valence electrons. The third-order valence-electron chi connectivity index (χ3n) is 11.0. The van der Waals surface area contributed by atoms with Crippen LogP contribution in [0.5, 0.6) is 11.6 Å². The summed E-state index contributed by atoms with van der Waals surface area (Å²) in [5.41, 5.74) is -0.914. The number of carbonyl (C=O) groups excluding carboxylic acids is 2. The van der Waals surface area contributed by atoms with E-state index in [1.54, 1.807) is 45.9 Å². The predicted molar refractivity (Wildman–Crippen MR) is 171 cm³/mol. The molecule has 0 unspecified atom stereocenters. The van der Waals surface area contributed by atoms with Gasteiger partial charge in [0.05, 0.1) is 24.7 Å². The van der Waals surface area contributed by atoms with Crippen LogP contribution in [0.2, 0.25) is 0 Å². The number of ether oxygens (including phenoxy) is 3. The van der Waals surface area contributed by atoms with Gasteiger partial charge in [0.2, 0.25) is 11.8 Å². The second-order valence-corrected chi connectivity index (χ2v) is 15.0. The van der Waals surface area contributed by atoms with Crippen LogP contribution in [0.3, 0.4) is 0 Å². The Labute approximate surface area is 279 Å². The second-order valence-electron chi connectivity index (χ2n) is 15.0. The van der Waals surface area contributed by atoms with E-state index in [1.165, 1.54) is 12.0 Å². The lowest BCUT2D eigenvalue weighted by atomic mass is 9.71. The SMILES string of the molecule is CC[C@@H]1[C@@H]2CN(C(=O)[C@H](C(C)(C)C)NC(=O)O[C@@H]3C[C@@H]4CC[C@@H]4[C@H]3CCCCC(F)(F)c3nc4ccc(OC)cc4nc3O2)[C@@H]1C(=O)O. The molecule has 13 heteroatoms. The molecular weight excluding hydrogens is 626 g/mol. The number of aromatic nitrogens is 2. The van der Waals surface area contributed by atoms with E-state index in [0.29, 0.717) is 36.8 Å². The van der Waals surface area contributed by atoms with Crippen LogP contribution in [-0.4, -0.2) is 75.9 Å². The molecule has 6 rings (SSSR count). The number of carbonyl (C=O) groups is 3. The number of rotatable bonds is 3. The number of carboxylic acid groups (broad SMARTS) is 1. The molecule has 1 aromatic carbocycles. The molecule has 48 heavy (non-hydrogen) atoms. The number of benzene rings is 1. The number of hydrogen-bond acceptors (Lipinski definition) is 8. The van der Waals surface area contributed by atoms with E-state index in [0.717, 1.165) is 12.8 Å². The number of fused-ring (bicyclic) bond motifs is 7. The van der Waals surface area contributed by atoms with Crippen LogP contribution in [-0.2, 0) is 20.2 Å². The minimum absolute atomic E-state index is 0.0428. The Morgan fingerprint density at radius 3 is 2.50 bits per heavy atom. The molecule has 2 N–H and O–H groups in total. The lowest BCUT2D eigenvalue weighted by molar-refractivity contribution is -0.151. The predicted octanol–water partition coefficient (Wildman–Crippen LogP) is 5.93. The summed E-state index contributed by atoms with van der Waals surface area (Å²) in [6.07, 6.45) is 1.79. The fourth-order valence-electron chi connectivity index (χ4n) is 8.33. The highest BCUT2D eigenvalue weighted by atomic mass is 19.3. The summed E-state index contributed by atoms with van der Waals surface area (Å²) in [6.45, 7) is 6.89. The summed E-state index contributed by atoms with van der Waals surface area (Å²) in [7, 11) is 1.48. The van der Waals surface area contributed by atoms with Gasteiger partial charge in [-0.1, -0.05) is 34.1 Å². The van der Waals surface area contributed by atoms with Gasteiger partial charge in [0.15, 0.2) is 5.69 Å². The average Bonchev–Trinajstić information content (AvgIpc) is 3.49. The summed E-state index contributed by atoms with van der Waals surface area (Å²) < 4.78 is 49.9. The first-order valence-electron chi connectivity index (χ1n) is 17.1. The monoisotopic (exact) mass is 672 g/mol. The molecule has 2 amide bonds. The van der Waals surface area contributed by atoms with Crippen LogP contribution in [0.15, 0.2) is 18.2 Å². The third kappa shape index (κ3) is 6.36. The second kappa shape index (κ2) is 12.9. The van der Waals surface area contributed by atoms with Crippen molar-refractivity contribution in [2.45, 2.75) is 109 Å². The summed E-state index contributed by atoms with van der Waals surface area (Å²) in [6, 6.07) is 2.30. The molecule has 3 fully saturated rings. The molecular formula is C35H46F2N4O7. The Hall–Kier alpha value is -3.77.